The summed E-state index contributed by atoms with van der Waals surface area (Å²) < 4.78 is 27.7. The fourth-order valence-corrected chi connectivity index (χ4v) is 2.05. The predicted molar refractivity (Wildman–Crippen MR) is 69.6 cm³/mol. The first kappa shape index (κ1) is 13.7. The van der Waals surface area contributed by atoms with Crippen LogP contribution in [-0.4, -0.2) is 15.8 Å². The monoisotopic (exact) mass is 265 g/mol. The van der Waals surface area contributed by atoms with Crippen LogP contribution in [-0.2, 0) is 19.9 Å². The molecule has 1 unspecified atom stereocenters. The molecule has 2 rings (SSSR count). The zero-order valence-corrected chi connectivity index (χ0v) is 10.8. The van der Waals surface area contributed by atoms with Crippen molar-refractivity contribution in [2.45, 2.75) is 25.3 Å². The van der Waals surface area contributed by atoms with Gasteiger partial charge in [-0.3, -0.25) is 4.68 Å². The van der Waals surface area contributed by atoms with Crippen molar-refractivity contribution in [1.82, 2.24) is 9.78 Å². The van der Waals surface area contributed by atoms with Gasteiger partial charge in [0.25, 0.3) is 0 Å². The quantitative estimate of drug-likeness (QED) is 0.900. The molecular formula is C14H17F2N3. The van der Waals surface area contributed by atoms with Gasteiger partial charge in [-0.05, 0) is 43.0 Å². The maximum atomic E-state index is 13.1. The molecule has 1 atom stereocenters. The first-order valence-electron chi connectivity index (χ1n) is 6.22. The Balaban J connectivity index is 1.88. The largest absolute Gasteiger partial charge is 0.327 e. The molecule has 0 saturated heterocycles. The summed E-state index contributed by atoms with van der Waals surface area (Å²) in [6, 6.07) is 5.78. The number of halogens is 2. The molecule has 0 spiro atoms. The van der Waals surface area contributed by atoms with Gasteiger partial charge in [-0.25, -0.2) is 8.78 Å². The molecule has 0 aliphatic rings. The molecule has 1 heterocycles. The summed E-state index contributed by atoms with van der Waals surface area (Å²) in [7, 11) is 1.89. The van der Waals surface area contributed by atoms with Crippen molar-refractivity contribution in [1.29, 1.82) is 0 Å². The minimum Gasteiger partial charge on any atom is -0.327 e. The van der Waals surface area contributed by atoms with Gasteiger partial charge in [0, 0.05) is 25.0 Å². The van der Waals surface area contributed by atoms with Crippen LogP contribution < -0.4 is 5.73 Å². The van der Waals surface area contributed by atoms with E-state index < -0.39 is 11.6 Å². The normalized spacial score (nSPS) is 12.6. The first-order valence-corrected chi connectivity index (χ1v) is 6.22. The number of nitrogens with zero attached hydrogens (tertiary/aromatic N) is 2. The zero-order valence-electron chi connectivity index (χ0n) is 10.8. The number of rotatable bonds is 5. The van der Waals surface area contributed by atoms with Crippen molar-refractivity contribution in [2.24, 2.45) is 12.8 Å². The summed E-state index contributed by atoms with van der Waals surface area (Å²) in [6.45, 7) is 0. The van der Waals surface area contributed by atoms with Crippen LogP contribution in [0.1, 0.15) is 17.7 Å². The Kier molecular flexibility index (Phi) is 4.27. The Labute approximate surface area is 111 Å². The average Bonchev–Trinajstić information content (AvgIpc) is 2.77. The highest BCUT2D eigenvalue weighted by molar-refractivity contribution is 5.18. The predicted octanol–water partition coefficient (Wildman–Crippen LogP) is 2.20. The zero-order chi connectivity index (χ0) is 13.8. The molecule has 0 radical (unpaired) electrons. The number of hydrogen-bond acceptors (Lipinski definition) is 2. The smallest absolute Gasteiger partial charge is 0.159 e. The van der Waals surface area contributed by atoms with E-state index in [2.05, 4.69) is 5.10 Å². The van der Waals surface area contributed by atoms with Crippen molar-refractivity contribution >= 4 is 0 Å². The van der Waals surface area contributed by atoms with Gasteiger partial charge in [-0.2, -0.15) is 5.10 Å². The lowest BCUT2D eigenvalue weighted by molar-refractivity contribution is 0.505. The molecule has 1 aromatic carbocycles. The maximum absolute atomic E-state index is 13.1. The molecule has 3 nitrogen and oxygen atoms in total. The molecule has 102 valence electrons. The molecule has 19 heavy (non-hydrogen) atoms. The Morgan fingerprint density at radius 2 is 2.05 bits per heavy atom. The molecule has 0 bridgehead atoms. The molecule has 0 amide bonds. The van der Waals surface area contributed by atoms with Crippen LogP contribution in [0.15, 0.2) is 30.5 Å². The molecule has 0 saturated carbocycles. The van der Waals surface area contributed by atoms with Gasteiger partial charge in [-0.15, -0.1) is 0 Å². The van der Waals surface area contributed by atoms with Gasteiger partial charge in [0.15, 0.2) is 11.6 Å². The van der Waals surface area contributed by atoms with Gasteiger partial charge in [0.05, 0.1) is 0 Å². The van der Waals surface area contributed by atoms with Gasteiger partial charge in [0.2, 0.25) is 0 Å². The SMILES string of the molecule is Cn1nccc1CCC(N)Cc1ccc(F)c(F)c1. The Morgan fingerprint density at radius 3 is 2.68 bits per heavy atom. The fourth-order valence-electron chi connectivity index (χ4n) is 2.05. The summed E-state index contributed by atoms with van der Waals surface area (Å²) in [4.78, 5) is 0. The molecule has 0 aliphatic heterocycles. The third-order valence-electron chi connectivity index (χ3n) is 3.18. The second kappa shape index (κ2) is 5.93. The van der Waals surface area contributed by atoms with Gasteiger partial charge >= 0.3 is 0 Å². The van der Waals surface area contributed by atoms with Crippen LogP contribution in [0.4, 0.5) is 8.78 Å². The highest BCUT2D eigenvalue weighted by atomic mass is 19.2. The van der Waals surface area contributed by atoms with Gasteiger partial charge < -0.3 is 5.73 Å². The molecular weight excluding hydrogens is 248 g/mol. The first-order chi connectivity index (χ1) is 9.06. The van der Waals surface area contributed by atoms with Crippen molar-refractivity contribution in [3.05, 3.63) is 53.4 Å². The van der Waals surface area contributed by atoms with E-state index >= 15 is 0 Å². The van der Waals surface area contributed by atoms with E-state index in [1.165, 1.54) is 6.07 Å². The number of nitrogens with two attached hydrogens (primary N) is 1. The number of aryl methyl sites for hydroxylation is 2. The second-order valence-electron chi connectivity index (χ2n) is 4.70. The third-order valence-corrected chi connectivity index (χ3v) is 3.18. The summed E-state index contributed by atoms with van der Waals surface area (Å²) in [5.74, 6) is -1.65. The summed E-state index contributed by atoms with van der Waals surface area (Å²) in [5.41, 5.74) is 7.85. The van der Waals surface area contributed by atoms with Crippen LogP contribution in [0.25, 0.3) is 0 Å². The summed E-state index contributed by atoms with van der Waals surface area (Å²) in [6.07, 6.45) is 3.88. The summed E-state index contributed by atoms with van der Waals surface area (Å²) >= 11 is 0. The second-order valence-corrected chi connectivity index (χ2v) is 4.70. The van der Waals surface area contributed by atoms with Crippen molar-refractivity contribution in [2.75, 3.05) is 0 Å². The van der Waals surface area contributed by atoms with E-state index in [-0.39, 0.29) is 6.04 Å². The number of hydrogen-bond donors (Lipinski definition) is 1. The van der Waals surface area contributed by atoms with Crippen molar-refractivity contribution in [3.63, 3.8) is 0 Å². The molecule has 1 aromatic heterocycles. The lowest BCUT2D eigenvalue weighted by atomic mass is 10.0. The third kappa shape index (κ3) is 3.61. The van der Waals surface area contributed by atoms with Gasteiger partial charge in [0.1, 0.15) is 0 Å². The van der Waals surface area contributed by atoms with Crippen LogP contribution in [0, 0.1) is 11.6 Å². The Bertz CT molecular complexity index is 551. The van der Waals surface area contributed by atoms with E-state index in [0.29, 0.717) is 6.42 Å². The van der Waals surface area contributed by atoms with Gasteiger partial charge in [-0.1, -0.05) is 6.07 Å². The maximum Gasteiger partial charge on any atom is 0.159 e. The number of aromatic nitrogens is 2. The van der Waals surface area contributed by atoms with Crippen LogP contribution >= 0.6 is 0 Å². The average molecular weight is 265 g/mol. The van der Waals surface area contributed by atoms with E-state index in [0.717, 1.165) is 30.2 Å². The lowest BCUT2D eigenvalue weighted by Gasteiger charge is -2.12. The summed E-state index contributed by atoms with van der Waals surface area (Å²) in [5, 5.41) is 4.08. The van der Waals surface area contributed by atoms with Crippen LogP contribution in [0.5, 0.6) is 0 Å². The molecule has 5 heteroatoms. The van der Waals surface area contributed by atoms with Crippen LogP contribution in [0.2, 0.25) is 0 Å². The molecule has 0 fully saturated rings. The standard InChI is InChI=1S/C14H17F2N3/c1-19-12(6-7-18-19)4-3-11(17)8-10-2-5-13(15)14(16)9-10/h2,5-7,9,11H,3-4,8,17H2,1H3. The Hall–Kier alpha value is -1.75. The minimum absolute atomic E-state index is 0.0836. The van der Waals surface area contributed by atoms with Crippen LogP contribution in [0.3, 0.4) is 0 Å². The fraction of sp³-hybridized carbons (Fsp3) is 0.357. The lowest BCUT2D eigenvalue weighted by Crippen LogP contribution is -2.24. The minimum atomic E-state index is -0.827. The van der Waals surface area contributed by atoms with E-state index in [1.807, 2.05) is 17.8 Å². The molecule has 0 aliphatic carbocycles. The molecule has 2 aromatic rings. The van der Waals surface area contributed by atoms with E-state index in [9.17, 15) is 8.78 Å². The van der Waals surface area contributed by atoms with E-state index in [4.69, 9.17) is 5.73 Å². The highest BCUT2D eigenvalue weighted by Crippen LogP contribution is 2.12. The van der Waals surface area contributed by atoms with Crippen molar-refractivity contribution in [3.8, 4) is 0 Å². The number of benzene rings is 1. The Morgan fingerprint density at radius 1 is 1.26 bits per heavy atom. The van der Waals surface area contributed by atoms with E-state index in [1.54, 1.807) is 12.3 Å². The van der Waals surface area contributed by atoms with Crippen molar-refractivity contribution < 1.29 is 8.78 Å². The molecule has 2 N–H and O–H groups in total. The topological polar surface area (TPSA) is 43.8 Å². The highest BCUT2D eigenvalue weighted by Gasteiger charge is 2.09.